The average Bonchev–Trinajstić information content (AvgIpc) is 2.76. The summed E-state index contributed by atoms with van der Waals surface area (Å²) >= 11 is 0. The first-order valence-electron chi connectivity index (χ1n) is 7.56. The molecule has 3 heteroatoms. The van der Waals surface area contributed by atoms with Gasteiger partial charge in [-0.2, -0.15) is 0 Å². The molecule has 3 unspecified atom stereocenters. The lowest BCUT2D eigenvalue weighted by Crippen LogP contribution is -2.41. The van der Waals surface area contributed by atoms with Crippen LogP contribution in [0.1, 0.15) is 46.3 Å². The predicted octanol–water partition coefficient (Wildman–Crippen LogP) is 3.19. The number of benzene rings is 1. The zero-order valence-electron chi connectivity index (χ0n) is 13.1. The van der Waals surface area contributed by atoms with Crippen LogP contribution in [0.4, 0.5) is 0 Å². The third-order valence-electron chi connectivity index (χ3n) is 4.32. The van der Waals surface area contributed by atoms with Gasteiger partial charge in [-0.3, -0.25) is 10.1 Å². The topological polar surface area (TPSA) is 32.3 Å². The molecule has 0 radical (unpaired) electrons. The Morgan fingerprint density at radius 2 is 1.65 bits per heavy atom. The summed E-state index contributed by atoms with van der Waals surface area (Å²) in [5.74, 6) is 0.978. The molecule has 1 saturated heterocycles. The molecule has 0 saturated carbocycles. The second-order valence-electron chi connectivity index (χ2n) is 6.43. The molecule has 1 fully saturated rings. The molecule has 0 aliphatic carbocycles. The first-order chi connectivity index (χ1) is 9.43. The second kappa shape index (κ2) is 5.96. The van der Waals surface area contributed by atoms with Crippen LogP contribution >= 0.6 is 0 Å². The van der Waals surface area contributed by atoms with E-state index in [9.17, 15) is 4.79 Å². The van der Waals surface area contributed by atoms with Crippen molar-refractivity contribution in [3.05, 3.63) is 35.9 Å². The van der Waals surface area contributed by atoms with Crippen LogP contribution in [0.3, 0.4) is 0 Å². The number of carbonyl (C=O) groups excluding carboxylic acids is 1. The fourth-order valence-electron chi connectivity index (χ4n) is 2.74. The molecule has 2 rings (SSSR count). The predicted molar refractivity (Wildman–Crippen MR) is 82.1 cm³/mol. The normalized spacial score (nSPS) is 24.8. The molecule has 0 spiro atoms. The van der Waals surface area contributed by atoms with E-state index >= 15 is 0 Å². The quantitative estimate of drug-likeness (QED) is 0.914. The Balaban J connectivity index is 2.35. The third-order valence-corrected chi connectivity index (χ3v) is 4.32. The van der Waals surface area contributed by atoms with Gasteiger partial charge >= 0.3 is 0 Å². The van der Waals surface area contributed by atoms with E-state index < -0.39 is 0 Å². The highest BCUT2D eigenvalue weighted by atomic mass is 16.2. The van der Waals surface area contributed by atoms with E-state index in [0.717, 1.165) is 5.56 Å². The first kappa shape index (κ1) is 15.0. The number of carbonyl (C=O) groups is 1. The van der Waals surface area contributed by atoms with Gasteiger partial charge in [-0.15, -0.1) is 0 Å². The summed E-state index contributed by atoms with van der Waals surface area (Å²) in [6.45, 7) is 10.7. The maximum Gasteiger partial charge on any atom is 0.241 e. The van der Waals surface area contributed by atoms with Gasteiger partial charge in [-0.05, 0) is 24.3 Å². The molecular weight excluding hydrogens is 248 g/mol. The summed E-state index contributed by atoms with van der Waals surface area (Å²) in [5.41, 5.74) is 1.16. The van der Waals surface area contributed by atoms with Crippen LogP contribution in [-0.4, -0.2) is 22.9 Å². The molecule has 0 aromatic heterocycles. The van der Waals surface area contributed by atoms with Crippen molar-refractivity contribution < 1.29 is 4.79 Å². The molecule has 0 bridgehead atoms. The molecule has 1 aliphatic heterocycles. The molecule has 3 nitrogen and oxygen atoms in total. The maximum absolute atomic E-state index is 12.7. The Hall–Kier alpha value is -1.35. The van der Waals surface area contributed by atoms with Crippen molar-refractivity contribution in [1.29, 1.82) is 0 Å². The van der Waals surface area contributed by atoms with Crippen molar-refractivity contribution in [2.75, 3.05) is 0 Å². The molecule has 20 heavy (non-hydrogen) atoms. The van der Waals surface area contributed by atoms with Crippen molar-refractivity contribution in [2.45, 2.75) is 52.9 Å². The highest BCUT2D eigenvalue weighted by Crippen LogP contribution is 2.31. The monoisotopic (exact) mass is 274 g/mol. The van der Waals surface area contributed by atoms with Gasteiger partial charge in [0, 0.05) is 6.04 Å². The Bertz CT molecular complexity index is 455. The van der Waals surface area contributed by atoms with Crippen molar-refractivity contribution in [3.8, 4) is 0 Å². The Morgan fingerprint density at radius 3 is 2.15 bits per heavy atom. The largest absolute Gasteiger partial charge is 0.319 e. The van der Waals surface area contributed by atoms with E-state index in [4.69, 9.17) is 0 Å². The molecule has 1 aromatic rings. The molecule has 1 N–H and O–H groups in total. The molecular formula is C17H26N2O. The van der Waals surface area contributed by atoms with Crippen molar-refractivity contribution in [2.24, 2.45) is 11.8 Å². The summed E-state index contributed by atoms with van der Waals surface area (Å²) in [6.07, 6.45) is -0.00602. The van der Waals surface area contributed by atoms with Gasteiger partial charge in [-0.25, -0.2) is 0 Å². The van der Waals surface area contributed by atoms with Crippen molar-refractivity contribution in [1.82, 2.24) is 10.2 Å². The summed E-state index contributed by atoms with van der Waals surface area (Å²) in [6, 6.07) is 10.4. The van der Waals surface area contributed by atoms with Crippen LogP contribution in [0.25, 0.3) is 0 Å². The first-order valence-corrected chi connectivity index (χ1v) is 7.56. The van der Waals surface area contributed by atoms with Crippen LogP contribution in [-0.2, 0) is 4.79 Å². The Labute approximate surface area is 122 Å². The van der Waals surface area contributed by atoms with E-state index in [1.54, 1.807) is 0 Å². The van der Waals surface area contributed by atoms with Gasteiger partial charge in [0.2, 0.25) is 5.91 Å². The molecule has 1 amide bonds. The zero-order valence-corrected chi connectivity index (χ0v) is 13.1. The second-order valence-corrected chi connectivity index (χ2v) is 6.43. The number of nitrogens with one attached hydrogen (secondary N) is 1. The molecule has 1 aliphatic rings. The molecule has 1 heterocycles. The van der Waals surface area contributed by atoms with Gasteiger partial charge in [0.25, 0.3) is 0 Å². The number of nitrogens with zero attached hydrogens (tertiary/aromatic N) is 1. The third kappa shape index (κ3) is 2.73. The standard InChI is InChI=1S/C17H26N2O/c1-11(2)13(5)19-16(14-9-7-6-8-10-14)18-15(12(3)4)17(19)20/h6-13,15-16,18H,1-5H3. The van der Waals surface area contributed by atoms with E-state index in [0.29, 0.717) is 11.8 Å². The number of amides is 1. The zero-order chi connectivity index (χ0) is 14.9. The van der Waals surface area contributed by atoms with Crippen molar-refractivity contribution >= 4 is 5.91 Å². The number of rotatable bonds is 4. The van der Waals surface area contributed by atoms with E-state index in [1.165, 1.54) is 0 Å². The maximum atomic E-state index is 12.7. The fourth-order valence-corrected chi connectivity index (χ4v) is 2.74. The van der Waals surface area contributed by atoms with Gasteiger partial charge in [0.15, 0.2) is 0 Å². The van der Waals surface area contributed by atoms with E-state index in [2.05, 4.69) is 52.1 Å². The summed E-state index contributed by atoms with van der Waals surface area (Å²) in [5, 5.41) is 3.52. The minimum Gasteiger partial charge on any atom is -0.319 e. The smallest absolute Gasteiger partial charge is 0.241 e. The highest BCUT2D eigenvalue weighted by molar-refractivity contribution is 5.85. The van der Waals surface area contributed by atoms with Gasteiger partial charge in [-0.1, -0.05) is 58.0 Å². The van der Waals surface area contributed by atoms with Crippen LogP contribution in [0.15, 0.2) is 30.3 Å². The highest BCUT2D eigenvalue weighted by Gasteiger charge is 2.43. The lowest BCUT2D eigenvalue weighted by molar-refractivity contribution is -0.133. The van der Waals surface area contributed by atoms with Crippen LogP contribution in [0, 0.1) is 11.8 Å². The van der Waals surface area contributed by atoms with Crippen LogP contribution in [0.5, 0.6) is 0 Å². The van der Waals surface area contributed by atoms with Crippen LogP contribution < -0.4 is 5.32 Å². The van der Waals surface area contributed by atoms with E-state index in [1.807, 2.05) is 23.1 Å². The van der Waals surface area contributed by atoms with E-state index in [-0.39, 0.29) is 24.2 Å². The SMILES string of the molecule is CC(C)C1NC(c2ccccc2)N(C(C)C(C)C)C1=O. The number of hydrogen-bond acceptors (Lipinski definition) is 2. The molecule has 3 atom stereocenters. The van der Waals surface area contributed by atoms with Crippen LogP contribution in [0.2, 0.25) is 0 Å². The van der Waals surface area contributed by atoms with Gasteiger partial charge < -0.3 is 4.90 Å². The summed E-state index contributed by atoms with van der Waals surface area (Å²) < 4.78 is 0. The summed E-state index contributed by atoms with van der Waals surface area (Å²) in [7, 11) is 0. The molecule has 1 aromatic carbocycles. The minimum absolute atomic E-state index is 0.00602. The summed E-state index contributed by atoms with van der Waals surface area (Å²) in [4.78, 5) is 14.8. The Morgan fingerprint density at radius 1 is 1.05 bits per heavy atom. The fraction of sp³-hybridized carbons (Fsp3) is 0.588. The molecule has 110 valence electrons. The number of hydrogen-bond donors (Lipinski definition) is 1. The average molecular weight is 274 g/mol. The lowest BCUT2D eigenvalue weighted by Gasteiger charge is -2.33. The minimum atomic E-state index is -0.0820. The van der Waals surface area contributed by atoms with Gasteiger partial charge in [0.1, 0.15) is 6.17 Å². The Kier molecular flexibility index (Phi) is 4.48. The van der Waals surface area contributed by atoms with Crippen molar-refractivity contribution in [3.63, 3.8) is 0 Å². The lowest BCUT2D eigenvalue weighted by atomic mass is 10.0. The van der Waals surface area contributed by atoms with Gasteiger partial charge in [0.05, 0.1) is 6.04 Å².